The van der Waals surface area contributed by atoms with Crippen LogP contribution >= 0.6 is 0 Å². The molecule has 0 fully saturated rings. The Kier molecular flexibility index (Phi) is 6.73. The van der Waals surface area contributed by atoms with Gasteiger partial charge in [-0.15, -0.1) is 0 Å². The van der Waals surface area contributed by atoms with Crippen LogP contribution in [0.3, 0.4) is 0 Å². The molecule has 2 aromatic rings. The minimum absolute atomic E-state index is 0.342. The van der Waals surface area contributed by atoms with E-state index in [1.807, 2.05) is 36.8 Å². The lowest BCUT2D eigenvalue weighted by Gasteiger charge is -2.17. The predicted octanol–water partition coefficient (Wildman–Crippen LogP) is 5.34. The van der Waals surface area contributed by atoms with E-state index in [2.05, 4.69) is 63.6 Å². The Morgan fingerprint density at radius 2 is 1.45 bits per heavy atom. The van der Waals surface area contributed by atoms with Crippen LogP contribution in [0.2, 0.25) is 0 Å². The van der Waals surface area contributed by atoms with Crippen LogP contribution in [0.1, 0.15) is 52.8 Å². The van der Waals surface area contributed by atoms with E-state index in [9.17, 15) is 0 Å². The second-order valence-electron chi connectivity index (χ2n) is 8.16. The molecule has 2 heterocycles. The molecule has 2 rings (SSSR count). The Bertz CT molecular complexity index is 468. The number of rotatable bonds is 2. The summed E-state index contributed by atoms with van der Waals surface area (Å²) >= 11 is 0. The first-order chi connectivity index (χ1) is 10.2. The van der Waals surface area contributed by atoms with Crippen LogP contribution in [-0.2, 0) is 12.8 Å². The normalized spacial score (nSPS) is 11.5. The zero-order valence-corrected chi connectivity index (χ0v) is 14.9. The molecule has 2 aromatic heterocycles. The molecule has 0 aliphatic rings. The molecular weight excluding hydrogens is 268 g/mol. The van der Waals surface area contributed by atoms with E-state index in [1.54, 1.807) is 0 Å². The summed E-state index contributed by atoms with van der Waals surface area (Å²) in [4.78, 5) is 8.33. The number of hydrogen-bond acceptors (Lipinski definition) is 2. The van der Waals surface area contributed by atoms with Gasteiger partial charge in [0.2, 0.25) is 0 Å². The highest BCUT2D eigenvalue weighted by Gasteiger charge is 2.11. The monoisotopic (exact) mass is 298 g/mol. The molecule has 2 nitrogen and oxygen atoms in total. The van der Waals surface area contributed by atoms with Crippen LogP contribution in [0, 0.1) is 10.8 Å². The van der Waals surface area contributed by atoms with Gasteiger partial charge in [0, 0.05) is 24.3 Å². The number of hydrogen-bond donors (Lipinski definition) is 0. The Morgan fingerprint density at radius 1 is 0.773 bits per heavy atom. The van der Waals surface area contributed by atoms with Crippen LogP contribution in [0.4, 0.5) is 0 Å². The van der Waals surface area contributed by atoms with Crippen LogP contribution in [0.5, 0.6) is 0 Å². The number of pyridine rings is 2. The smallest absolute Gasteiger partial charge is 0.0408 e. The molecule has 0 spiro atoms. The van der Waals surface area contributed by atoms with E-state index in [4.69, 9.17) is 0 Å². The van der Waals surface area contributed by atoms with Gasteiger partial charge in [-0.1, -0.05) is 53.7 Å². The standard InChI is InChI=1S/2C10H15N/c1-10(2,3)7-9-5-4-6-11-8-9;1-10(2,3)8-9-6-4-5-7-11-9/h4-6,8H,7H2,1-3H3;4-7H,8H2,1-3H3. The average molecular weight is 298 g/mol. The topological polar surface area (TPSA) is 25.8 Å². The van der Waals surface area contributed by atoms with Gasteiger partial charge in [0.1, 0.15) is 0 Å². The minimum atomic E-state index is 0.342. The molecule has 0 saturated carbocycles. The predicted molar refractivity (Wildman–Crippen MR) is 94.8 cm³/mol. The average Bonchev–Trinajstić information content (AvgIpc) is 2.38. The van der Waals surface area contributed by atoms with E-state index < -0.39 is 0 Å². The van der Waals surface area contributed by atoms with Crippen molar-refractivity contribution >= 4 is 0 Å². The van der Waals surface area contributed by atoms with Crippen molar-refractivity contribution in [2.75, 3.05) is 0 Å². The highest BCUT2D eigenvalue weighted by molar-refractivity contribution is 5.10. The van der Waals surface area contributed by atoms with Crippen LogP contribution < -0.4 is 0 Å². The van der Waals surface area contributed by atoms with Gasteiger partial charge < -0.3 is 0 Å². The summed E-state index contributed by atoms with van der Waals surface area (Å²) in [6.07, 6.45) is 7.74. The van der Waals surface area contributed by atoms with Gasteiger partial charge in [0.25, 0.3) is 0 Å². The first-order valence-electron chi connectivity index (χ1n) is 7.95. The van der Waals surface area contributed by atoms with Crippen molar-refractivity contribution in [3.05, 3.63) is 60.2 Å². The third-order valence-electron chi connectivity index (χ3n) is 2.89. The van der Waals surface area contributed by atoms with Gasteiger partial charge in [-0.25, -0.2) is 0 Å². The van der Waals surface area contributed by atoms with Crippen molar-refractivity contribution in [2.45, 2.75) is 54.4 Å². The molecule has 2 heteroatoms. The highest BCUT2D eigenvalue weighted by atomic mass is 14.7. The second kappa shape index (κ2) is 8.07. The van der Waals surface area contributed by atoms with Gasteiger partial charge >= 0.3 is 0 Å². The van der Waals surface area contributed by atoms with E-state index in [0.717, 1.165) is 12.8 Å². The van der Waals surface area contributed by atoms with Gasteiger partial charge in [-0.2, -0.15) is 0 Å². The first kappa shape index (κ1) is 18.3. The Morgan fingerprint density at radius 3 is 1.91 bits per heavy atom. The van der Waals surface area contributed by atoms with E-state index >= 15 is 0 Å². The summed E-state index contributed by atoms with van der Waals surface area (Å²) in [6, 6.07) is 10.2. The third-order valence-corrected chi connectivity index (χ3v) is 2.89. The number of nitrogens with zero attached hydrogens (tertiary/aromatic N) is 2. The SMILES string of the molecule is CC(C)(C)Cc1ccccn1.CC(C)(C)Cc1cccnc1. The molecule has 120 valence electrons. The molecule has 0 N–H and O–H groups in total. The maximum atomic E-state index is 4.26. The summed E-state index contributed by atoms with van der Waals surface area (Å²) in [7, 11) is 0. The second-order valence-corrected chi connectivity index (χ2v) is 8.16. The molecule has 0 aromatic carbocycles. The minimum Gasteiger partial charge on any atom is -0.264 e. The van der Waals surface area contributed by atoms with Crippen molar-refractivity contribution in [2.24, 2.45) is 10.8 Å². The molecule has 0 bridgehead atoms. The molecule has 0 radical (unpaired) electrons. The maximum Gasteiger partial charge on any atom is 0.0408 e. The Balaban J connectivity index is 0.000000220. The van der Waals surface area contributed by atoms with Crippen LogP contribution in [0.25, 0.3) is 0 Å². The highest BCUT2D eigenvalue weighted by Crippen LogP contribution is 2.19. The van der Waals surface area contributed by atoms with Crippen molar-refractivity contribution in [3.63, 3.8) is 0 Å². The fraction of sp³-hybridized carbons (Fsp3) is 0.500. The van der Waals surface area contributed by atoms with Crippen molar-refractivity contribution in [1.82, 2.24) is 9.97 Å². The largest absolute Gasteiger partial charge is 0.264 e. The number of aromatic nitrogens is 2. The lowest BCUT2D eigenvalue weighted by atomic mass is 9.89. The first-order valence-corrected chi connectivity index (χ1v) is 7.95. The lowest BCUT2D eigenvalue weighted by Crippen LogP contribution is -2.09. The molecule has 0 amide bonds. The summed E-state index contributed by atoms with van der Waals surface area (Å²) in [5.74, 6) is 0. The van der Waals surface area contributed by atoms with Gasteiger partial charge in [-0.3, -0.25) is 9.97 Å². The third kappa shape index (κ3) is 9.28. The van der Waals surface area contributed by atoms with E-state index in [-0.39, 0.29) is 0 Å². The van der Waals surface area contributed by atoms with E-state index in [0.29, 0.717) is 10.8 Å². The Labute approximate surface area is 136 Å². The van der Waals surface area contributed by atoms with Gasteiger partial charge in [0.15, 0.2) is 0 Å². The van der Waals surface area contributed by atoms with Gasteiger partial charge in [-0.05, 0) is 47.4 Å². The van der Waals surface area contributed by atoms with Crippen molar-refractivity contribution in [3.8, 4) is 0 Å². The summed E-state index contributed by atoms with van der Waals surface area (Å²) in [6.45, 7) is 13.4. The van der Waals surface area contributed by atoms with Crippen LogP contribution in [0.15, 0.2) is 48.9 Å². The lowest BCUT2D eigenvalue weighted by molar-refractivity contribution is 0.406. The molecule has 0 atom stereocenters. The quantitative estimate of drug-likeness (QED) is 0.748. The van der Waals surface area contributed by atoms with E-state index in [1.165, 1.54) is 11.3 Å². The van der Waals surface area contributed by atoms with Gasteiger partial charge in [0.05, 0.1) is 0 Å². The summed E-state index contributed by atoms with van der Waals surface area (Å²) in [5, 5.41) is 0. The molecule has 0 aliphatic carbocycles. The molecule has 0 unspecified atom stereocenters. The van der Waals surface area contributed by atoms with Crippen LogP contribution in [-0.4, -0.2) is 9.97 Å². The molecule has 22 heavy (non-hydrogen) atoms. The molecule has 0 saturated heterocycles. The zero-order valence-electron chi connectivity index (χ0n) is 14.9. The summed E-state index contributed by atoms with van der Waals surface area (Å²) in [5.41, 5.74) is 3.21. The maximum absolute atomic E-state index is 4.26. The summed E-state index contributed by atoms with van der Waals surface area (Å²) < 4.78 is 0. The molecule has 0 aliphatic heterocycles. The van der Waals surface area contributed by atoms with Crippen molar-refractivity contribution in [1.29, 1.82) is 0 Å². The molecular formula is C20H30N2. The fourth-order valence-electron chi connectivity index (χ4n) is 2.16. The Hall–Kier alpha value is -1.70. The fourth-order valence-corrected chi connectivity index (χ4v) is 2.16. The zero-order chi connectivity index (χ0) is 16.6. The van der Waals surface area contributed by atoms with Crippen molar-refractivity contribution < 1.29 is 0 Å².